The lowest BCUT2D eigenvalue weighted by atomic mass is 10.1. The van der Waals surface area contributed by atoms with Gasteiger partial charge < -0.3 is 0 Å². The predicted octanol–water partition coefficient (Wildman–Crippen LogP) is 1.20. The van der Waals surface area contributed by atoms with Crippen LogP contribution < -0.4 is 11.3 Å². The monoisotopic (exact) mass is 173 g/mol. The minimum Gasteiger partial charge on any atom is -0.271 e. The van der Waals surface area contributed by atoms with Gasteiger partial charge in [0.2, 0.25) is 0 Å². The van der Waals surface area contributed by atoms with Crippen molar-refractivity contribution in [1.82, 2.24) is 10.4 Å². The summed E-state index contributed by atoms with van der Waals surface area (Å²) in [6.07, 6.45) is 1.79. The number of nitrogens with zero attached hydrogens (tertiary/aromatic N) is 1. The van der Waals surface area contributed by atoms with Crippen LogP contribution in [0.3, 0.4) is 0 Å². The number of nitrogens with two attached hydrogens (primary N) is 1. The first kappa shape index (κ1) is 8.16. The number of benzene rings is 1. The van der Waals surface area contributed by atoms with Gasteiger partial charge in [-0.2, -0.15) is 0 Å². The zero-order valence-corrected chi connectivity index (χ0v) is 7.20. The molecule has 0 aliphatic rings. The van der Waals surface area contributed by atoms with E-state index in [1.54, 1.807) is 6.20 Å². The van der Waals surface area contributed by atoms with Crippen molar-refractivity contribution < 1.29 is 0 Å². The van der Waals surface area contributed by atoms with E-state index in [1.807, 2.05) is 24.3 Å². The first-order valence-corrected chi connectivity index (χ1v) is 4.17. The van der Waals surface area contributed by atoms with Crippen LogP contribution in [0, 0.1) is 0 Å². The molecule has 1 heterocycles. The highest BCUT2D eigenvalue weighted by molar-refractivity contribution is 5.78. The lowest BCUT2D eigenvalue weighted by Gasteiger charge is -2.01. The van der Waals surface area contributed by atoms with Crippen LogP contribution >= 0.6 is 0 Å². The number of fused-ring (bicyclic) bond motifs is 1. The van der Waals surface area contributed by atoms with Crippen LogP contribution in [0.4, 0.5) is 0 Å². The molecule has 0 radical (unpaired) electrons. The Kier molecular flexibility index (Phi) is 2.21. The van der Waals surface area contributed by atoms with Crippen molar-refractivity contribution in [2.75, 3.05) is 0 Å². The quantitative estimate of drug-likeness (QED) is 0.530. The molecule has 0 fully saturated rings. The van der Waals surface area contributed by atoms with Gasteiger partial charge in [0.25, 0.3) is 0 Å². The molecule has 3 heteroatoms. The highest BCUT2D eigenvalue weighted by Gasteiger charge is 1.95. The largest absolute Gasteiger partial charge is 0.271 e. The van der Waals surface area contributed by atoms with E-state index in [4.69, 9.17) is 5.84 Å². The highest BCUT2D eigenvalue weighted by atomic mass is 15.2. The Hall–Kier alpha value is -1.45. The van der Waals surface area contributed by atoms with E-state index in [-0.39, 0.29) is 0 Å². The maximum absolute atomic E-state index is 5.23. The zero-order chi connectivity index (χ0) is 9.10. The van der Waals surface area contributed by atoms with Crippen molar-refractivity contribution >= 4 is 10.9 Å². The molecule has 2 rings (SSSR count). The van der Waals surface area contributed by atoms with Crippen molar-refractivity contribution in [2.24, 2.45) is 5.84 Å². The second-order valence-electron chi connectivity index (χ2n) is 2.91. The van der Waals surface area contributed by atoms with Crippen molar-refractivity contribution in [3.05, 3.63) is 42.1 Å². The molecule has 13 heavy (non-hydrogen) atoms. The molecule has 0 aliphatic carbocycles. The van der Waals surface area contributed by atoms with Gasteiger partial charge in [-0.05, 0) is 17.7 Å². The zero-order valence-electron chi connectivity index (χ0n) is 7.20. The first-order chi connectivity index (χ1) is 6.40. The molecule has 0 saturated heterocycles. The smallest absolute Gasteiger partial charge is 0.0705 e. The Morgan fingerprint density at radius 1 is 1.31 bits per heavy atom. The first-order valence-electron chi connectivity index (χ1n) is 4.17. The fourth-order valence-electron chi connectivity index (χ4n) is 1.34. The molecule has 0 bridgehead atoms. The Labute approximate surface area is 76.6 Å². The van der Waals surface area contributed by atoms with E-state index in [0.29, 0.717) is 6.54 Å². The Bertz CT molecular complexity index is 412. The molecule has 0 atom stereocenters. The van der Waals surface area contributed by atoms with Gasteiger partial charge in [0.05, 0.1) is 5.52 Å². The SMILES string of the molecule is NNCc1ccc2cccnc2c1. The van der Waals surface area contributed by atoms with Crippen LogP contribution in [-0.2, 0) is 6.54 Å². The summed E-state index contributed by atoms with van der Waals surface area (Å²) in [6, 6.07) is 10.1. The van der Waals surface area contributed by atoms with Gasteiger partial charge >= 0.3 is 0 Å². The standard InChI is InChI=1S/C10H11N3/c11-13-7-8-3-4-9-2-1-5-12-10(9)6-8/h1-6,13H,7,11H2. The van der Waals surface area contributed by atoms with Gasteiger partial charge in [-0.25, -0.2) is 0 Å². The molecule has 66 valence electrons. The summed E-state index contributed by atoms with van der Waals surface area (Å²) < 4.78 is 0. The highest BCUT2D eigenvalue weighted by Crippen LogP contribution is 2.12. The van der Waals surface area contributed by atoms with Crippen molar-refractivity contribution in [3.63, 3.8) is 0 Å². The molecule has 2 aromatic rings. The van der Waals surface area contributed by atoms with Gasteiger partial charge in [-0.1, -0.05) is 18.2 Å². The average Bonchev–Trinajstić information content (AvgIpc) is 2.18. The van der Waals surface area contributed by atoms with Crippen LogP contribution in [0.2, 0.25) is 0 Å². The summed E-state index contributed by atoms with van der Waals surface area (Å²) >= 11 is 0. The fraction of sp³-hybridized carbons (Fsp3) is 0.100. The molecular formula is C10H11N3. The third kappa shape index (κ3) is 1.66. The number of pyridine rings is 1. The Morgan fingerprint density at radius 2 is 2.23 bits per heavy atom. The topological polar surface area (TPSA) is 50.9 Å². The molecule has 3 nitrogen and oxygen atoms in total. The van der Waals surface area contributed by atoms with Crippen LogP contribution in [-0.4, -0.2) is 4.98 Å². The third-order valence-electron chi connectivity index (χ3n) is 1.98. The van der Waals surface area contributed by atoms with Gasteiger partial charge in [-0.15, -0.1) is 0 Å². The summed E-state index contributed by atoms with van der Waals surface area (Å²) in [5, 5.41) is 1.16. The minimum atomic E-state index is 0.673. The normalized spacial score (nSPS) is 10.5. The lowest BCUT2D eigenvalue weighted by molar-refractivity contribution is 0.742. The molecule has 0 unspecified atom stereocenters. The number of nitrogens with one attached hydrogen (secondary N) is 1. The lowest BCUT2D eigenvalue weighted by Crippen LogP contribution is -2.20. The number of hydrogen-bond acceptors (Lipinski definition) is 3. The number of hydrazine groups is 1. The molecule has 1 aromatic carbocycles. The summed E-state index contributed by atoms with van der Waals surface area (Å²) in [5.41, 5.74) is 4.78. The Balaban J connectivity index is 2.49. The van der Waals surface area contributed by atoms with E-state index in [1.165, 1.54) is 0 Å². The minimum absolute atomic E-state index is 0.673. The van der Waals surface area contributed by atoms with Gasteiger partial charge in [0.15, 0.2) is 0 Å². The molecular weight excluding hydrogens is 162 g/mol. The predicted molar refractivity (Wildman–Crippen MR) is 52.8 cm³/mol. The second kappa shape index (κ2) is 3.51. The van der Waals surface area contributed by atoms with E-state index in [2.05, 4.69) is 16.5 Å². The van der Waals surface area contributed by atoms with Crippen molar-refractivity contribution in [1.29, 1.82) is 0 Å². The van der Waals surface area contributed by atoms with E-state index >= 15 is 0 Å². The van der Waals surface area contributed by atoms with Crippen LogP contribution in [0.15, 0.2) is 36.5 Å². The van der Waals surface area contributed by atoms with E-state index < -0.39 is 0 Å². The number of aromatic nitrogens is 1. The molecule has 0 aliphatic heterocycles. The van der Waals surface area contributed by atoms with Crippen molar-refractivity contribution in [2.45, 2.75) is 6.54 Å². The van der Waals surface area contributed by atoms with Crippen molar-refractivity contribution in [3.8, 4) is 0 Å². The summed E-state index contributed by atoms with van der Waals surface area (Å²) in [5.74, 6) is 5.23. The fourth-order valence-corrected chi connectivity index (χ4v) is 1.34. The van der Waals surface area contributed by atoms with Gasteiger partial charge in [-0.3, -0.25) is 16.3 Å². The molecule has 3 N–H and O–H groups in total. The second-order valence-corrected chi connectivity index (χ2v) is 2.91. The summed E-state index contributed by atoms with van der Waals surface area (Å²) in [7, 11) is 0. The van der Waals surface area contributed by atoms with Gasteiger partial charge in [0.1, 0.15) is 0 Å². The maximum Gasteiger partial charge on any atom is 0.0705 e. The van der Waals surface area contributed by atoms with E-state index in [9.17, 15) is 0 Å². The number of hydrogen-bond donors (Lipinski definition) is 2. The Morgan fingerprint density at radius 3 is 3.08 bits per heavy atom. The van der Waals surface area contributed by atoms with Gasteiger partial charge in [0, 0.05) is 18.1 Å². The number of rotatable bonds is 2. The molecule has 1 aromatic heterocycles. The van der Waals surface area contributed by atoms with Crippen LogP contribution in [0.25, 0.3) is 10.9 Å². The molecule has 0 spiro atoms. The molecule has 0 amide bonds. The van der Waals surface area contributed by atoms with Crippen LogP contribution in [0.1, 0.15) is 5.56 Å². The third-order valence-corrected chi connectivity index (χ3v) is 1.98. The summed E-state index contributed by atoms with van der Waals surface area (Å²) in [6.45, 7) is 0.673. The van der Waals surface area contributed by atoms with E-state index in [0.717, 1.165) is 16.5 Å². The summed E-state index contributed by atoms with van der Waals surface area (Å²) in [4.78, 5) is 4.26. The maximum atomic E-state index is 5.23. The van der Waals surface area contributed by atoms with Crippen LogP contribution in [0.5, 0.6) is 0 Å². The average molecular weight is 173 g/mol. The molecule has 0 saturated carbocycles.